The van der Waals surface area contributed by atoms with Gasteiger partial charge in [-0.15, -0.1) is 0 Å². The molecule has 4 heteroatoms. The number of nitrogens with zero attached hydrogens (tertiary/aromatic N) is 1. The molecule has 0 saturated heterocycles. The molecular formula is C22H23N3O. The zero-order chi connectivity index (χ0) is 18.7. The van der Waals surface area contributed by atoms with Gasteiger partial charge in [-0.2, -0.15) is 0 Å². The molecule has 1 aromatic heterocycles. The fourth-order valence-electron chi connectivity index (χ4n) is 3.06. The molecule has 4 nitrogen and oxygen atoms in total. The second kappa shape index (κ2) is 7.40. The number of pyridine rings is 1. The molecule has 0 saturated carbocycles. The number of benzene rings is 2. The molecule has 1 heterocycles. The highest BCUT2D eigenvalue weighted by Gasteiger charge is 2.11. The van der Waals surface area contributed by atoms with Gasteiger partial charge in [0.25, 0.3) is 5.91 Å². The Kier molecular flexibility index (Phi) is 5.03. The van der Waals surface area contributed by atoms with E-state index in [1.54, 1.807) is 12.4 Å². The molecule has 0 aliphatic heterocycles. The Morgan fingerprint density at radius 3 is 2.27 bits per heavy atom. The Balaban J connectivity index is 1.82. The molecule has 2 aromatic carbocycles. The third-order valence-electron chi connectivity index (χ3n) is 4.34. The summed E-state index contributed by atoms with van der Waals surface area (Å²) in [6.45, 7) is 8.10. The summed E-state index contributed by atoms with van der Waals surface area (Å²) < 4.78 is 0. The highest BCUT2D eigenvalue weighted by molar-refractivity contribution is 6.05. The second-order valence-corrected chi connectivity index (χ2v) is 6.63. The van der Waals surface area contributed by atoms with Crippen LogP contribution in [0.1, 0.15) is 32.6 Å². The molecule has 3 rings (SSSR count). The van der Waals surface area contributed by atoms with Gasteiger partial charge in [0.1, 0.15) is 0 Å². The van der Waals surface area contributed by atoms with Crippen LogP contribution < -0.4 is 10.6 Å². The average Bonchev–Trinajstić information content (AvgIpc) is 2.60. The zero-order valence-corrected chi connectivity index (χ0v) is 15.6. The molecule has 26 heavy (non-hydrogen) atoms. The molecule has 0 unspecified atom stereocenters. The predicted molar refractivity (Wildman–Crippen MR) is 107 cm³/mol. The quantitative estimate of drug-likeness (QED) is 0.673. The van der Waals surface area contributed by atoms with Crippen LogP contribution >= 0.6 is 0 Å². The van der Waals surface area contributed by atoms with Crippen LogP contribution in [0.15, 0.2) is 54.9 Å². The lowest BCUT2D eigenvalue weighted by molar-refractivity contribution is 0.102. The van der Waals surface area contributed by atoms with Crippen molar-refractivity contribution in [2.24, 2.45) is 0 Å². The first-order valence-electron chi connectivity index (χ1n) is 8.61. The van der Waals surface area contributed by atoms with E-state index < -0.39 is 0 Å². The molecule has 0 aliphatic rings. The predicted octanol–water partition coefficient (Wildman–Crippen LogP) is 5.31. The summed E-state index contributed by atoms with van der Waals surface area (Å²) in [7, 11) is 0. The van der Waals surface area contributed by atoms with Crippen LogP contribution in [0.4, 0.5) is 17.1 Å². The number of carbonyl (C=O) groups excluding carboxylic acids is 1. The number of para-hydroxylation sites is 1. The molecule has 0 aliphatic carbocycles. The second-order valence-electron chi connectivity index (χ2n) is 6.63. The molecular weight excluding hydrogens is 322 g/mol. The fraction of sp³-hybridized carbons (Fsp3) is 0.182. The van der Waals surface area contributed by atoms with Gasteiger partial charge in [-0.25, -0.2) is 0 Å². The monoisotopic (exact) mass is 345 g/mol. The topological polar surface area (TPSA) is 54.0 Å². The van der Waals surface area contributed by atoms with Gasteiger partial charge in [0, 0.05) is 17.6 Å². The lowest BCUT2D eigenvalue weighted by atomic mass is 10.0. The van der Waals surface area contributed by atoms with E-state index in [1.165, 1.54) is 5.56 Å². The molecule has 0 bridgehead atoms. The number of hydrogen-bond acceptors (Lipinski definition) is 3. The molecule has 0 atom stereocenters. The molecule has 132 valence electrons. The largest absolute Gasteiger partial charge is 0.354 e. The lowest BCUT2D eigenvalue weighted by Crippen LogP contribution is -2.14. The van der Waals surface area contributed by atoms with Crippen molar-refractivity contribution < 1.29 is 4.79 Å². The standard InChI is InChI=1S/C22H23N3O/c1-14-9-16(3)21(17(4)10-14)25-22(26)18-11-19(13-23-12-18)24-20-8-6-5-7-15(20)2/h5-13,24H,1-4H3,(H,25,26). The SMILES string of the molecule is Cc1cc(C)c(NC(=O)c2cncc(Nc3ccccc3C)c2)c(C)c1. The van der Waals surface area contributed by atoms with Gasteiger partial charge in [0.15, 0.2) is 0 Å². The van der Waals surface area contributed by atoms with E-state index in [-0.39, 0.29) is 5.91 Å². The first-order valence-corrected chi connectivity index (χ1v) is 8.61. The summed E-state index contributed by atoms with van der Waals surface area (Å²) in [5.41, 5.74) is 7.58. The Bertz CT molecular complexity index is 940. The minimum atomic E-state index is -0.166. The summed E-state index contributed by atoms with van der Waals surface area (Å²) in [6, 6.07) is 14.0. The van der Waals surface area contributed by atoms with E-state index >= 15 is 0 Å². The van der Waals surface area contributed by atoms with Crippen molar-refractivity contribution in [1.29, 1.82) is 0 Å². The van der Waals surface area contributed by atoms with Crippen molar-refractivity contribution in [2.45, 2.75) is 27.7 Å². The minimum Gasteiger partial charge on any atom is -0.354 e. The Morgan fingerprint density at radius 2 is 1.58 bits per heavy atom. The first-order chi connectivity index (χ1) is 12.4. The summed E-state index contributed by atoms with van der Waals surface area (Å²) in [5, 5.41) is 6.34. The van der Waals surface area contributed by atoms with Crippen molar-refractivity contribution in [3.8, 4) is 0 Å². The highest BCUT2D eigenvalue weighted by Crippen LogP contribution is 2.24. The van der Waals surface area contributed by atoms with Gasteiger partial charge in [0.05, 0.1) is 17.4 Å². The summed E-state index contributed by atoms with van der Waals surface area (Å²) in [6.07, 6.45) is 3.29. The van der Waals surface area contributed by atoms with Crippen LogP contribution in [-0.4, -0.2) is 10.9 Å². The van der Waals surface area contributed by atoms with E-state index in [0.717, 1.165) is 33.8 Å². The average molecular weight is 345 g/mol. The number of aromatic nitrogens is 1. The van der Waals surface area contributed by atoms with Gasteiger partial charge in [-0.3, -0.25) is 9.78 Å². The first kappa shape index (κ1) is 17.7. The summed E-state index contributed by atoms with van der Waals surface area (Å²) in [4.78, 5) is 16.9. The van der Waals surface area contributed by atoms with E-state index in [4.69, 9.17) is 0 Å². The molecule has 0 fully saturated rings. The van der Waals surface area contributed by atoms with Gasteiger partial charge in [-0.1, -0.05) is 35.9 Å². The third kappa shape index (κ3) is 3.91. The van der Waals surface area contributed by atoms with E-state index in [2.05, 4.69) is 34.7 Å². The van der Waals surface area contributed by atoms with E-state index in [9.17, 15) is 4.79 Å². The van der Waals surface area contributed by atoms with Gasteiger partial charge < -0.3 is 10.6 Å². The number of aryl methyl sites for hydroxylation is 4. The van der Waals surface area contributed by atoms with Crippen LogP contribution in [0.5, 0.6) is 0 Å². The zero-order valence-electron chi connectivity index (χ0n) is 15.6. The van der Waals surface area contributed by atoms with Crippen molar-refractivity contribution in [2.75, 3.05) is 10.6 Å². The highest BCUT2D eigenvalue weighted by atomic mass is 16.1. The summed E-state index contributed by atoms with van der Waals surface area (Å²) >= 11 is 0. The summed E-state index contributed by atoms with van der Waals surface area (Å²) in [5.74, 6) is -0.166. The maximum atomic E-state index is 12.7. The number of anilines is 3. The maximum Gasteiger partial charge on any atom is 0.257 e. The maximum absolute atomic E-state index is 12.7. The van der Waals surface area contributed by atoms with Crippen molar-refractivity contribution in [1.82, 2.24) is 4.98 Å². The van der Waals surface area contributed by atoms with Crippen LogP contribution in [0.2, 0.25) is 0 Å². The molecule has 0 spiro atoms. The molecule has 2 N–H and O–H groups in total. The van der Waals surface area contributed by atoms with Crippen LogP contribution in [0, 0.1) is 27.7 Å². The van der Waals surface area contributed by atoms with E-state index in [0.29, 0.717) is 5.56 Å². The molecule has 3 aromatic rings. The third-order valence-corrected chi connectivity index (χ3v) is 4.34. The Morgan fingerprint density at radius 1 is 0.885 bits per heavy atom. The number of amides is 1. The normalized spacial score (nSPS) is 10.5. The number of rotatable bonds is 4. The Hall–Kier alpha value is -3.14. The van der Waals surface area contributed by atoms with Gasteiger partial charge >= 0.3 is 0 Å². The number of hydrogen-bond donors (Lipinski definition) is 2. The number of carbonyl (C=O) groups is 1. The van der Waals surface area contributed by atoms with Crippen LogP contribution in [0.3, 0.4) is 0 Å². The fourth-order valence-corrected chi connectivity index (χ4v) is 3.06. The van der Waals surface area contributed by atoms with Crippen molar-refractivity contribution in [3.63, 3.8) is 0 Å². The Labute approximate surface area is 154 Å². The number of nitrogens with one attached hydrogen (secondary N) is 2. The lowest BCUT2D eigenvalue weighted by Gasteiger charge is -2.14. The van der Waals surface area contributed by atoms with Gasteiger partial charge in [-0.05, 0) is 56.5 Å². The van der Waals surface area contributed by atoms with Crippen molar-refractivity contribution >= 4 is 23.0 Å². The molecule has 1 amide bonds. The van der Waals surface area contributed by atoms with E-state index in [1.807, 2.05) is 51.1 Å². The van der Waals surface area contributed by atoms with Crippen LogP contribution in [-0.2, 0) is 0 Å². The van der Waals surface area contributed by atoms with Crippen molar-refractivity contribution in [3.05, 3.63) is 82.7 Å². The minimum absolute atomic E-state index is 0.166. The van der Waals surface area contributed by atoms with Gasteiger partial charge in [0.2, 0.25) is 0 Å². The molecule has 0 radical (unpaired) electrons. The smallest absolute Gasteiger partial charge is 0.257 e. The van der Waals surface area contributed by atoms with Crippen LogP contribution in [0.25, 0.3) is 0 Å².